The first kappa shape index (κ1) is 11.9. The highest BCUT2D eigenvalue weighted by molar-refractivity contribution is 5.67. The maximum atomic E-state index is 10.4. The molecule has 0 aliphatic carbocycles. The molecule has 0 radical (unpaired) electrons. The van der Waals surface area contributed by atoms with E-state index in [1.54, 1.807) is 0 Å². The summed E-state index contributed by atoms with van der Waals surface area (Å²) in [4.78, 5) is 20.4. The van der Waals surface area contributed by atoms with Gasteiger partial charge in [0.15, 0.2) is 6.10 Å². The van der Waals surface area contributed by atoms with Crippen molar-refractivity contribution >= 4 is 12.4 Å². The number of ether oxygens (including phenoxy) is 1. The van der Waals surface area contributed by atoms with E-state index in [-0.39, 0.29) is 6.42 Å². The summed E-state index contributed by atoms with van der Waals surface area (Å²) >= 11 is 0. The molecule has 0 amide bonds. The van der Waals surface area contributed by atoms with Gasteiger partial charge in [-0.3, -0.25) is 9.59 Å². The minimum absolute atomic E-state index is 0.145. The lowest BCUT2D eigenvalue weighted by Crippen LogP contribution is -2.43. The summed E-state index contributed by atoms with van der Waals surface area (Å²) in [6.45, 7) is 0.786. The molecule has 76 valence electrons. The van der Waals surface area contributed by atoms with E-state index in [9.17, 15) is 9.59 Å². The molecule has 0 spiro atoms. The van der Waals surface area contributed by atoms with E-state index < -0.39 is 12.1 Å². The van der Waals surface area contributed by atoms with Gasteiger partial charge in [-0.05, 0) is 0 Å². The lowest BCUT2D eigenvalue weighted by Gasteiger charge is -2.27. The van der Waals surface area contributed by atoms with Gasteiger partial charge in [0.2, 0.25) is 0 Å². The Morgan fingerprint density at radius 3 is 2.38 bits per heavy atom. The molecule has 13 heavy (non-hydrogen) atoms. The quantitative estimate of drug-likeness (QED) is 0.461. The first-order valence-corrected chi connectivity index (χ1v) is 3.96. The van der Waals surface area contributed by atoms with Crippen LogP contribution in [-0.2, 0) is 14.3 Å². The number of carboxylic acid groups (broad SMARTS) is 1. The average Bonchev–Trinajstić information content (AvgIpc) is 1.81. The van der Waals surface area contributed by atoms with Crippen LogP contribution in [0.15, 0.2) is 0 Å². The van der Waals surface area contributed by atoms with Gasteiger partial charge in [-0.2, -0.15) is 0 Å². The lowest BCUT2D eigenvalue weighted by atomic mass is 10.2. The summed E-state index contributed by atoms with van der Waals surface area (Å²) in [5.41, 5.74) is 0. The normalized spacial score (nSPS) is 13.5. The molecule has 1 atom stereocenters. The molecule has 5 heteroatoms. The molecule has 0 rings (SSSR count). The number of hydrogen-bond acceptors (Lipinski definition) is 3. The molecule has 0 aliphatic heterocycles. The number of aliphatic carboxylic acids is 1. The van der Waals surface area contributed by atoms with Crippen LogP contribution in [0, 0.1) is 0 Å². The second-order valence-corrected chi connectivity index (χ2v) is 3.93. The van der Waals surface area contributed by atoms with Crippen molar-refractivity contribution in [3.63, 3.8) is 0 Å². The average molecular weight is 190 g/mol. The minimum Gasteiger partial charge on any atom is -0.481 e. The summed E-state index contributed by atoms with van der Waals surface area (Å²) in [7, 11) is 5.72. The number of likely N-dealkylation sites (N-methyl/N-ethyl adjacent to an activating group) is 1. The second kappa shape index (κ2) is 4.81. The van der Waals surface area contributed by atoms with Crippen LogP contribution in [0.2, 0.25) is 0 Å². The Morgan fingerprint density at radius 1 is 1.54 bits per heavy atom. The van der Waals surface area contributed by atoms with Crippen LogP contribution in [-0.4, -0.2) is 55.8 Å². The van der Waals surface area contributed by atoms with Crippen molar-refractivity contribution in [1.82, 2.24) is 0 Å². The van der Waals surface area contributed by atoms with E-state index in [0.29, 0.717) is 17.5 Å². The number of carbonyl (C=O) groups is 2. The number of carbonyl (C=O) groups excluding carboxylic acids is 1. The molecule has 0 aliphatic rings. The zero-order valence-electron chi connectivity index (χ0n) is 8.19. The van der Waals surface area contributed by atoms with E-state index in [4.69, 9.17) is 5.11 Å². The standard InChI is InChI=1S/C8H15NO4/c1-9(2,3)5-7(13-6-10)4-8(11)12/h6-7H,4-5H2,1-3H3/p+1. The van der Waals surface area contributed by atoms with Crippen molar-refractivity contribution in [2.75, 3.05) is 27.7 Å². The van der Waals surface area contributed by atoms with Crippen molar-refractivity contribution < 1.29 is 23.9 Å². The van der Waals surface area contributed by atoms with Crippen molar-refractivity contribution in [1.29, 1.82) is 0 Å². The summed E-state index contributed by atoms with van der Waals surface area (Å²) in [6.07, 6.45) is -0.691. The fourth-order valence-electron chi connectivity index (χ4n) is 1.04. The van der Waals surface area contributed by atoms with Crippen LogP contribution < -0.4 is 0 Å². The molecule has 0 heterocycles. The monoisotopic (exact) mass is 190 g/mol. The molecule has 0 aromatic carbocycles. The van der Waals surface area contributed by atoms with Gasteiger partial charge in [-0.15, -0.1) is 0 Å². The largest absolute Gasteiger partial charge is 0.481 e. The maximum Gasteiger partial charge on any atom is 0.307 e. The summed E-state index contributed by atoms with van der Waals surface area (Å²) < 4.78 is 5.21. The van der Waals surface area contributed by atoms with Crippen molar-refractivity contribution in [3.05, 3.63) is 0 Å². The Labute approximate surface area is 77.5 Å². The zero-order valence-corrected chi connectivity index (χ0v) is 8.19. The van der Waals surface area contributed by atoms with Gasteiger partial charge in [0.05, 0.1) is 27.6 Å². The Kier molecular flexibility index (Phi) is 4.40. The van der Waals surface area contributed by atoms with Gasteiger partial charge in [-0.25, -0.2) is 0 Å². The zero-order chi connectivity index (χ0) is 10.5. The Balaban J connectivity index is 4.09. The van der Waals surface area contributed by atoms with E-state index >= 15 is 0 Å². The van der Waals surface area contributed by atoms with Crippen molar-refractivity contribution in [2.24, 2.45) is 0 Å². The molecule has 1 unspecified atom stereocenters. The Bertz CT molecular complexity index is 185. The van der Waals surface area contributed by atoms with Gasteiger partial charge in [0.25, 0.3) is 6.47 Å². The first-order valence-electron chi connectivity index (χ1n) is 3.96. The van der Waals surface area contributed by atoms with Gasteiger partial charge in [0, 0.05) is 0 Å². The fraction of sp³-hybridized carbons (Fsp3) is 0.750. The third kappa shape index (κ3) is 7.27. The first-order chi connectivity index (χ1) is 5.85. The summed E-state index contributed by atoms with van der Waals surface area (Å²) in [5.74, 6) is -0.958. The predicted molar refractivity (Wildman–Crippen MR) is 46.1 cm³/mol. The third-order valence-electron chi connectivity index (χ3n) is 1.40. The summed E-state index contributed by atoms with van der Waals surface area (Å²) in [6, 6.07) is 0. The predicted octanol–water partition coefficient (Wildman–Crippen LogP) is -0.291. The van der Waals surface area contributed by atoms with Gasteiger partial charge in [-0.1, -0.05) is 0 Å². The van der Waals surface area contributed by atoms with Crippen LogP contribution in [0.3, 0.4) is 0 Å². The minimum atomic E-state index is -0.958. The highest BCUT2D eigenvalue weighted by Gasteiger charge is 2.21. The number of nitrogens with zero attached hydrogens (tertiary/aromatic N) is 1. The highest BCUT2D eigenvalue weighted by atomic mass is 16.5. The van der Waals surface area contributed by atoms with Crippen LogP contribution >= 0.6 is 0 Å². The Hall–Kier alpha value is -1.10. The topological polar surface area (TPSA) is 63.6 Å². The van der Waals surface area contributed by atoms with E-state index in [1.165, 1.54) is 0 Å². The SMILES string of the molecule is C[N+](C)(C)CC(CC(=O)O)OC=O. The molecule has 0 saturated heterocycles. The van der Waals surface area contributed by atoms with E-state index in [2.05, 4.69) is 4.74 Å². The third-order valence-corrected chi connectivity index (χ3v) is 1.40. The number of hydrogen-bond donors (Lipinski definition) is 1. The van der Waals surface area contributed by atoms with Gasteiger partial charge in [0.1, 0.15) is 6.54 Å². The van der Waals surface area contributed by atoms with Crippen LogP contribution in [0.4, 0.5) is 0 Å². The second-order valence-electron chi connectivity index (χ2n) is 3.93. The van der Waals surface area contributed by atoms with Gasteiger partial charge < -0.3 is 14.3 Å². The van der Waals surface area contributed by atoms with Gasteiger partial charge >= 0.3 is 5.97 Å². The van der Waals surface area contributed by atoms with Crippen molar-refractivity contribution in [3.8, 4) is 0 Å². The van der Waals surface area contributed by atoms with Crippen molar-refractivity contribution in [2.45, 2.75) is 12.5 Å². The lowest BCUT2D eigenvalue weighted by molar-refractivity contribution is -0.873. The fourth-order valence-corrected chi connectivity index (χ4v) is 1.04. The maximum absolute atomic E-state index is 10.4. The molecular weight excluding hydrogens is 174 g/mol. The molecule has 0 aromatic heterocycles. The smallest absolute Gasteiger partial charge is 0.307 e. The molecule has 0 fully saturated rings. The number of quaternary nitrogens is 1. The molecule has 1 N–H and O–H groups in total. The van der Waals surface area contributed by atoms with E-state index in [0.717, 1.165) is 0 Å². The van der Waals surface area contributed by atoms with Crippen LogP contribution in [0.5, 0.6) is 0 Å². The number of rotatable bonds is 6. The Morgan fingerprint density at radius 2 is 2.08 bits per heavy atom. The highest BCUT2D eigenvalue weighted by Crippen LogP contribution is 2.03. The van der Waals surface area contributed by atoms with E-state index in [1.807, 2.05) is 21.1 Å². The molecule has 5 nitrogen and oxygen atoms in total. The summed E-state index contributed by atoms with van der Waals surface area (Å²) in [5, 5.41) is 8.50. The molecular formula is C8H16NO4+. The number of carboxylic acids is 1. The molecule has 0 saturated carbocycles. The molecule has 0 bridgehead atoms. The molecule has 0 aromatic rings. The van der Waals surface area contributed by atoms with Crippen LogP contribution in [0.1, 0.15) is 6.42 Å². The van der Waals surface area contributed by atoms with Crippen LogP contribution in [0.25, 0.3) is 0 Å².